The molecule has 0 radical (unpaired) electrons. The lowest BCUT2D eigenvalue weighted by atomic mass is 9.99. The summed E-state index contributed by atoms with van der Waals surface area (Å²) in [6.45, 7) is 12.1. The molecule has 0 atom stereocenters. The third-order valence-corrected chi connectivity index (χ3v) is 2.78. The highest BCUT2D eigenvalue weighted by Crippen LogP contribution is 2.22. The van der Waals surface area contributed by atoms with Gasteiger partial charge in [-0.25, -0.2) is 0 Å². The first kappa shape index (κ1) is 19.7. The fourth-order valence-corrected chi connectivity index (χ4v) is 1.74. The van der Waals surface area contributed by atoms with Gasteiger partial charge in [0.2, 0.25) is 0 Å². The SMILES string of the molecule is CC.CC#CC(=O)Nc1ccc(C(C)C)cc1C(=O)NCC. The molecule has 2 amide bonds. The van der Waals surface area contributed by atoms with Gasteiger partial charge in [-0.15, -0.1) is 0 Å². The van der Waals surface area contributed by atoms with Crippen molar-refractivity contribution in [1.29, 1.82) is 0 Å². The van der Waals surface area contributed by atoms with Crippen LogP contribution >= 0.6 is 0 Å². The molecule has 0 unspecified atom stereocenters. The lowest BCUT2D eigenvalue weighted by molar-refractivity contribution is -0.111. The van der Waals surface area contributed by atoms with Crippen molar-refractivity contribution in [2.75, 3.05) is 11.9 Å². The lowest BCUT2D eigenvalue weighted by Gasteiger charge is -2.13. The van der Waals surface area contributed by atoms with E-state index in [4.69, 9.17) is 0 Å². The molecule has 4 nitrogen and oxygen atoms in total. The van der Waals surface area contributed by atoms with Crippen molar-refractivity contribution in [3.05, 3.63) is 29.3 Å². The monoisotopic (exact) mass is 302 g/mol. The van der Waals surface area contributed by atoms with Crippen LogP contribution in [0.25, 0.3) is 0 Å². The molecule has 0 fully saturated rings. The van der Waals surface area contributed by atoms with Crippen LogP contribution in [0.4, 0.5) is 5.69 Å². The van der Waals surface area contributed by atoms with Crippen LogP contribution < -0.4 is 10.6 Å². The number of benzene rings is 1. The van der Waals surface area contributed by atoms with E-state index < -0.39 is 5.91 Å². The maximum Gasteiger partial charge on any atom is 0.300 e. The standard InChI is InChI=1S/C16H20N2O2.C2H6/c1-5-7-15(19)18-14-9-8-12(11(3)4)10-13(14)16(20)17-6-2;1-2/h8-11H,6H2,1-4H3,(H,17,20)(H,18,19);1-2H3. The maximum absolute atomic E-state index is 12.1. The Bertz CT molecular complexity index is 566. The largest absolute Gasteiger partial charge is 0.352 e. The minimum atomic E-state index is -0.421. The molecule has 0 saturated carbocycles. The second-order valence-corrected chi connectivity index (χ2v) is 4.65. The molecule has 0 aromatic heterocycles. The fourth-order valence-electron chi connectivity index (χ4n) is 1.74. The molecule has 1 aromatic rings. The van der Waals surface area contributed by atoms with E-state index in [0.717, 1.165) is 5.56 Å². The highest BCUT2D eigenvalue weighted by atomic mass is 16.2. The molecule has 0 bridgehead atoms. The Morgan fingerprint density at radius 3 is 2.36 bits per heavy atom. The van der Waals surface area contributed by atoms with E-state index in [9.17, 15) is 9.59 Å². The van der Waals surface area contributed by atoms with Crippen molar-refractivity contribution >= 4 is 17.5 Å². The first-order chi connectivity index (χ1) is 10.5. The summed E-state index contributed by atoms with van der Waals surface area (Å²) in [5.41, 5.74) is 1.99. The third kappa shape index (κ3) is 6.01. The van der Waals surface area contributed by atoms with Crippen molar-refractivity contribution in [2.24, 2.45) is 0 Å². The van der Waals surface area contributed by atoms with Crippen molar-refractivity contribution in [3.8, 4) is 11.8 Å². The van der Waals surface area contributed by atoms with Crippen LogP contribution in [0.1, 0.15) is 63.4 Å². The molecule has 0 aliphatic carbocycles. The molecule has 0 aliphatic rings. The van der Waals surface area contributed by atoms with Crippen LogP contribution in [0, 0.1) is 11.8 Å². The predicted octanol–water partition coefficient (Wildman–Crippen LogP) is 3.55. The Balaban J connectivity index is 0.00000211. The topological polar surface area (TPSA) is 58.2 Å². The zero-order valence-corrected chi connectivity index (χ0v) is 14.3. The van der Waals surface area contributed by atoms with Gasteiger partial charge < -0.3 is 10.6 Å². The van der Waals surface area contributed by atoms with Gasteiger partial charge >= 0.3 is 0 Å². The Hall–Kier alpha value is -2.28. The highest BCUT2D eigenvalue weighted by molar-refractivity contribution is 6.08. The number of carbonyl (C=O) groups is 2. The van der Waals surface area contributed by atoms with E-state index in [1.807, 2.05) is 32.9 Å². The lowest BCUT2D eigenvalue weighted by Crippen LogP contribution is -2.25. The number of hydrogen-bond donors (Lipinski definition) is 2. The molecule has 0 saturated heterocycles. The normalized spacial score (nSPS) is 9.05. The minimum Gasteiger partial charge on any atom is -0.352 e. The number of hydrogen-bond acceptors (Lipinski definition) is 2. The molecule has 22 heavy (non-hydrogen) atoms. The quantitative estimate of drug-likeness (QED) is 0.836. The molecule has 1 rings (SSSR count). The second kappa shape index (κ2) is 10.4. The maximum atomic E-state index is 12.1. The van der Waals surface area contributed by atoms with Gasteiger partial charge in [0.05, 0.1) is 11.3 Å². The summed E-state index contributed by atoms with van der Waals surface area (Å²) in [5.74, 6) is 4.61. The minimum absolute atomic E-state index is 0.199. The van der Waals surface area contributed by atoms with Crippen molar-refractivity contribution in [3.63, 3.8) is 0 Å². The Morgan fingerprint density at radius 2 is 1.86 bits per heavy atom. The van der Waals surface area contributed by atoms with E-state index in [-0.39, 0.29) is 5.91 Å². The Labute approximate surface area is 133 Å². The molecule has 4 heteroatoms. The molecule has 0 aliphatic heterocycles. The summed E-state index contributed by atoms with van der Waals surface area (Å²) in [4.78, 5) is 23.6. The molecule has 0 spiro atoms. The van der Waals surface area contributed by atoms with Crippen LogP contribution in [0.2, 0.25) is 0 Å². The number of anilines is 1. The summed E-state index contributed by atoms with van der Waals surface area (Å²) < 4.78 is 0. The van der Waals surface area contributed by atoms with E-state index in [0.29, 0.717) is 23.7 Å². The third-order valence-electron chi connectivity index (χ3n) is 2.78. The molecular weight excluding hydrogens is 276 g/mol. The van der Waals surface area contributed by atoms with Gasteiger partial charge in [-0.2, -0.15) is 0 Å². The van der Waals surface area contributed by atoms with E-state index in [1.165, 1.54) is 0 Å². The van der Waals surface area contributed by atoms with Gasteiger partial charge in [-0.05, 0) is 43.4 Å². The number of nitrogens with one attached hydrogen (secondary N) is 2. The molecule has 1 aromatic carbocycles. The predicted molar refractivity (Wildman–Crippen MR) is 92.0 cm³/mol. The van der Waals surface area contributed by atoms with Gasteiger partial charge in [-0.1, -0.05) is 39.7 Å². The van der Waals surface area contributed by atoms with Crippen molar-refractivity contribution in [2.45, 2.75) is 47.5 Å². The van der Waals surface area contributed by atoms with E-state index >= 15 is 0 Å². The van der Waals surface area contributed by atoms with Crippen molar-refractivity contribution < 1.29 is 9.59 Å². The zero-order chi connectivity index (χ0) is 17.1. The average molecular weight is 302 g/mol. The zero-order valence-electron chi connectivity index (χ0n) is 14.3. The Kier molecular flexibility index (Phi) is 9.36. The van der Waals surface area contributed by atoms with E-state index in [2.05, 4.69) is 36.3 Å². The first-order valence-corrected chi connectivity index (χ1v) is 7.65. The summed E-state index contributed by atoms with van der Waals surface area (Å²) in [6, 6.07) is 5.46. The van der Waals surface area contributed by atoms with Crippen LogP contribution in [0.3, 0.4) is 0 Å². The van der Waals surface area contributed by atoms with Crippen LogP contribution in [0.5, 0.6) is 0 Å². The molecule has 2 N–H and O–H groups in total. The fraction of sp³-hybridized carbons (Fsp3) is 0.444. The van der Waals surface area contributed by atoms with Crippen molar-refractivity contribution in [1.82, 2.24) is 5.32 Å². The molecular formula is C18H26N2O2. The summed E-state index contributed by atoms with van der Waals surface area (Å²) in [5, 5.41) is 5.39. The summed E-state index contributed by atoms with van der Waals surface area (Å²) in [6.07, 6.45) is 0. The van der Waals surface area contributed by atoms with Gasteiger partial charge in [0.1, 0.15) is 0 Å². The second-order valence-electron chi connectivity index (χ2n) is 4.65. The molecule has 0 heterocycles. The summed E-state index contributed by atoms with van der Waals surface area (Å²) >= 11 is 0. The van der Waals surface area contributed by atoms with Gasteiger partial charge in [0, 0.05) is 6.54 Å². The average Bonchev–Trinajstić information content (AvgIpc) is 2.49. The van der Waals surface area contributed by atoms with Gasteiger partial charge in [-0.3, -0.25) is 9.59 Å². The van der Waals surface area contributed by atoms with Crippen LogP contribution in [0.15, 0.2) is 18.2 Å². The summed E-state index contributed by atoms with van der Waals surface area (Å²) in [7, 11) is 0. The van der Waals surface area contributed by atoms with Gasteiger partial charge in [0.25, 0.3) is 11.8 Å². The van der Waals surface area contributed by atoms with Crippen LogP contribution in [-0.2, 0) is 4.79 Å². The van der Waals surface area contributed by atoms with Gasteiger partial charge in [0.15, 0.2) is 0 Å². The number of amides is 2. The van der Waals surface area contributed by atoms with Crippen LogP contribution in [-0.4, -0.2) is 18.4 Å². The number of carbonyl (C=O) groups excluding carboxylic acids is 2. The van der Waals surface area contributed by atoms with E-state index in [1.54, 1.807) is 13.0 Å². The molecule has 120 valence electrons. The first-order valence-electron chi connectivity index (χ1n) is 7.65. The number of rotatable bonds is 4. The smallest absolute Gasteiger partial charge is 0.300 e. The highest BCUT2D eigenvalue weighted by Gasteiger charge is 2.14. The Morgan fingerprint density at radius 1 is 1.23 bits per heavy atom.